The molecule has 176 valence electrons. The van der Waals surface area contributed by atoms with E-state index in [1.165, 1.54) is 0 Å². The van der Waals surface area contributed by atoms with Crippen molar-refractivity contribution in [3.63, 3.8) is 0 Å². The Hall–Kier alpha value is -5.16. The molecule has 6 rings (SSSR count). The zero-order chi connectivity index (χ0) is 25.2. The van der Waals surface area contributed by atoms with E-state index >= 15 is 0 Å². The lowest BCUT2D eigenvalue weighted by Gasteiger charge is -2.11. The summed E-state index contributed by atoms with van der Waals surface area (Å²) in [6.07, 6.45) is 0. The molecule has 37 heavy (non-hydrogen) atoms. The van der Waals surface area contributed by atoms with Crippen molar-refractivity contribution in [2.45, 2.75) is 0 Å². The molecule has 4 aromatic carbocycles. The van der Waals surface area contributed by atoms with Gasteiger partial charge in [-0.2, -0.15) is 0 Å². The van der Waals surface area contributed by atoms with Gasteiger partial charge in [0, 0.05) is 27.6 Å². The number of aromatic nitrogens is 3. The van der Waals surface area contributed by atoms with Crippen molar-refractivity contribution in [3.8, 4) is 45.2 Å². The minimum absolute atomic E-state index is 0.186. The van der Waals surface area contributed by atoms with Gasteiger partial charge in [0.25, 0.3) is 0 Å². The monoisotopic (exact) mass is 479 g/mol. The first-order valence-corrected chi connectivity index (χ1v) is 11.9. The summed E-state index contributed by atoms with van der Waals surface area (Å²) in [7, 11) is 0. The Kier molecular flexibility index (Phi) is 5.71. The number of fused-ring (bicyclic) bond motifs is 1. The van der Waals surface area contributed by atoms with Crippen LogP contribution in [0.25, 0.3) is 56.1 Å². The van der Waals surface area contributed by atoms with Crippen LogP contribution in [0.3, 0.4) is 0 Å². The van der Waals surface area contributed by atoms with Crippen LogP contribution >= 0.6 is 0 Å². The number of aromatic carboxylic acids is 1. The summed E-state index contributed by atoms with van der Waals surface area (Å²) in [6.45, 7) is 0. The Bertz CT molecular complexity index is 1690. The standard InChI is InChI=1S/C32H21N3O2/c36-32(37)26-16-8-13-22-17-18-27(33-30(22)26)24-14-7-15-25(19-24)29-20-28(21-9-3-1-4-10-21)34-31(35-29)23-11-5-2-6-12-23/h1-20H,(H,36,37). The van der Waals surface area contributed by atoms with Gasteiger partial charge in [-0.3, -0.25) is 0 Å². The minimum Gasteiger partial charge on any atom is -0.478 e. The van der Waals surface area contributed by atoms with Crippen molar-refractivity contribution in [1.29, 1.82) is 0 Å². The summed E-state index contributed by atoms with van der Waals surface area (Å²) in [4.78, 5) is 26.2. The number of hydrogen-bond donors (Lipinski definition) is 1. The Morgan fingerprint density at radius 2 is 1.11 bits per heavy atom. The van der Waals surface area contributed by atoms with Crippen LogP contribution in [0.4, 0.5) is 0 Å². The van der Waals surface area contributed by atoms with Gasteiger partial charge in [0.15, 0.2) is 5.82 Å². The number of carbonyl (C=O) groups is 1. The van der Waals surface area contributed by atoms with E-state index in [4.69, 9.17) is 15.0 Å². The summed E-state index contributed by atoms with van der Waals surface area (Å²) < 4.78 is 0. The molecule has 0 aliphatic carbocycles. The summed E-state index contributed by atoms with van der Waals surface area (Å²) in [5.74, 6) is -0.343. The van der Waals surface area contributed by atoms with Crippen LogP contribution in [0.2, 0.25) is 0 Å². The number of carboxylic acids is 1. The second-order valence-corrected chi connectivity index (χ2v) is 8.65. The molecule has 0 aliphatic heterocycles. The maximum atomic E-state index is 11.7. The van der Waals surface area contributed by atoms with E-state index in [1.807, 2.05) is 109 Å². The van der Waals surface area contributed by atoms with Crippen molar-refractivity contribution < 1.29 is 9.90 Å². The molecule has 5 heteroatoms. The third-order valence-electron chi connectivity index (χ3n) is 6.23. The maximum absolute atomic E-state index is 11.7. The van der Waals surface area contributed by atoms with Crippen LogP contribution in [0, 0.1) is 0 Å². The molecule has 0 fully saturated rings. The number of carboxylic acid groups (broad SMARTS) is 1. The van der Waals surface area contributed by atoms with Crippen LogP contribution in [-0.2, 0) is 0 Å². The highest BCUT2D eigenvalue weighted by atomic mass is 16.4. The molecule has 0 aliphatic rings. The highest BCUT2D eigenvalue weighted by Crippen LogP contribution is 2.30. The van der Waals surface area contributed by atoms with E-state index in [1.54, 1.807) is 12.1 Å². The third-order valence-corrected chi connectivity index (χ3v) is 6.23. The van der Waals surface area contributed by atoms with Gasteiger partial charge in [-0.05, 0) is 24.3 Å². The average molecular weight is 480 g/mol. The fourth-order valence-electron chi connectivity index (χ4n) is 4.39. The SMILES string of the molecule is O=C(O)c1cccc2ccc(-c3cccc(-c4cc(-c5ccccc5)nc(-c5ccccc5)n4)c3)nc12. The first kappa shape index (κ1) is 22.3. The molecule has 2 aromatic heterocycles. The number of nitrogens with zero attached hydrogens (tertiary/aromatic N) is 3. The molecule has 6 aromatic rings. The van der Waals surface area contributed by atoms with Gasteiger partial charge in [-0.25, -0.2) is 19.7 Å². The lowest BCUT2D eigenvalue weighted by Crippen LogP contribution is -1.99. The molecule has 2 heterocycles. The summed E-state index contributed by atoms with van der Waals surface area (Å²) in [5, 5.41) is 10.4. The van der Waals surface area contributed by atoms with Crippen molar-refractivity contribution in [2.24, 2.45) is 0 Å². The van der Waals surface area contributed by atoms with Gasteiger partial charge < -0.3 is 5.11 Å². The number of rotatable bonds is 5. The van der Waals surface area contributed by atoms with Gasteiger partial charge in [0.1, 0.15) is 0 Å². The minimum atomic E-state index is -0.994. The van der Waals surface area contributed by atoms with E-state index in [2.05, 4.69) is 0 Å². The van der Waals surface area contributed by atoms with Gasteiger partial charge in [-0.1, -0.05) is 97.1 Å². The second kappa shape index (κ2) is 9.47. The molecule has 0 amide bonds. The molecule has 0 saturated carbocycles. The van der Waals surface area contributed by atoms with Crippen molar-refractivity contribution in [2.75, 3.05) is 0 Å². The van der Waals surface area contributed by atoms with E-state index in [9.17, 15) is 9.90 Å². The summed E-state index contributed by atoms with van der Waals surface area (Å²) in [6, 6.07) is 39.0. The molecule has 0 saturated heterocycles. The fraction of sp³-hybridized carbons (Fsp3) is 0. The lowest BCUT2D eigenvalue weighted by molar-refractivity contribution is 0.0699. The number of benzene rings is 4. The Morgan fingerprint density at radius 1 is 0.514 bits per heavy atom. The fourth-order valence-corrected chi connectivity index (χ4v) is 4.39. The van der Waals surface area contributed by atoms with Crippen molar-refractivity contribution in [3.05, 3.63) is 127 Å². The van der Waals surface area contributed by atoms with Gasteiger partial charge in [-0.15, -0.1) is 0 Å². The van der Waals surface area contributed by atoms with Gasteiger partial charge in [0.05, 0.1) is 28.2 Å². The second-order valence-electron chi connectivity index (χ2n) is 8.65. The number of para-hydroxylation sites is 1. The highest BCUT2D eigenvalue weighted by molar-refractivity contribution is 6.02. The molecule has 0 atom stereocenters. The molecule has 0 radical (unpaired) electrons. The topological polar surface area (TPSA) is 76.0 Å². The molecule has 0 bridgehead atoms. The molecule has 1 N–H and O–H groups in total. The largest absolute Gasteiger partial charge is 0.478 e. The zero-order valence-electron chi connectivity index (χ0n) is 19.7. The van der Waals surface area contributed by atoms with Crippen LogP contribution in [-0.4, -0.2) is 26.0 Å². The smallest absolute Gasteiger partial charge is 0.337 e. The average Bonchev–Trinajstić information content (AvgIpc) is 2.97. The normalized spacial score (nSPS) is 10.9. The zero-order valence-corrected chi connectivity index (χ0v) is 19.7. The number of hydrogen-bond acceptors (Lipinski definition) is 4. The molecule has 5 nitrogen and oxygen atoms in total. The highest BCUT2D eigenvalue weighted by Gasteiger charge is 2.13. The Balaban J connectivity index is 1.49. The first-order valence-electron chi connectivity index (χ1n) is 11.9. The Labute approximate surface area is 213 Å². The van der Waals surface area contributed by atoms with E-state index in [0.717, 1.165) is 39.0 Å². The van der Waals surface area contributed by atoms with Crippen LogP contribution < -0.4 is 0 Å². The van der Waals surface area contributed by atoms with Crippen LogP contribution in [0.1, 0.15) is 10.4 Å². The maximum Gasteiger partial charge on any atom is 0.337 e. The van der Waals surface area contributed by atoms with Gasteiger partial charge in [0.2, 0.25) is 0 Å². The predicted octanol–water partition coefficient (Wildman–Crippen LogP) is 7.39. The lowest BCUT2D eigenvalue weighted by atomic mass is 10.0. The van der Waals surface area contributed by atoms with Gasteiger partial charge >= 0.3 is 5.97 Å². The number of pyridine rings is 1. The predicted molar refractivity (Wildman–Crippen MR) is 146 cm³/mol. The quantitative estimate of drug-likeness (QED) is 0.279. The van der Waals surface area contributed by atoms with E-state index in [-0.39, 0.29) is 5.56 Å². The Morgan fingerprint density at radius 3 is 1.81 bits per heavy atom. The van der Waals surface area contributed by atoms with Crippen molar-refractivity contribution >= 4 is 16.9 Å². The van der Waals surface area contributed by atoms with E-state index in [0.29, 0.717) is 17.0 Å². The summed E-state index contributed by atoms with van der Waals surface area (Å²) >= 11 is 0. The van der Waals surface area contributed by atoms with Crippen LogP contribution in [0.15, 0.2) is 121 Å². The van der Waals surface area contributed by atoms with Crippen molar-refractivity contribution in [1.82, 2.24) is 15.0 Å². The first-order chi connectivity index (χ1) is 18.2. The van der Waals surface area contributed by atoms with E-state index < -0.39 is 5.97 Å². The molecule has 0 spiro atoms. The molecule has 0 unspecified atom stereocenters. The van der Waals surface area contributed by atoms with Crippen LogP contribution in [0.5, 0.6) is 0 Å². The summed E-state index contributed by atoms with van der Waals surface area (Å²) in [5.41, 5.74) is 6.73. The third kappa shape index (κ3) is 4.46. The molecular weight excluding hydrogens is 458 g/mol. The molecular formula is C32H21N3O2.